The molecule has 1 N–H and O–H groups in total. The van der Waals surface area contributed by atoms with E-state index in [1.807, 2.05) is 13.1 Å². The van der Waals surface area contributed by atoms with Crippen LogP contribution in [0.1, 0.15) is 41.1 Å². The monoisotopic (exact) mass is 389 g/mol. The molecule has 0 amide bonds. The van der Waals surface area contributed by atoms with Crippen molar-refractivity contribution in [2.75, 3.05) is 26.7 Å². The lowest BCUT2D eigenvalue weighted by molar-refractivity contribution is 0.179. The van der Waals surface area contributed by atoms with Gasteiger partial charge in [-0.3, -0.25) is 4.98 Å². The van der Waals surface area contributed by atoms with Gasteiger partial charge in [-0.25, -0.2) is 0 Å². The van der Waals surface area contributed by atoms with Crippen molar-refractivity contribution in [2.45, 2.75) is 38.1 Å². The molecule has 1 saturated heterocycles. The van der Waals surface area contributed by atoms with Gasteiger partial charge in [0.25, 0.3) is 0 Å². The number of nitrogens with zero attached hydrogens (tertiary/aromatic N) is 4. The van der Waals surface area contributed by atoms with Gasteiger partial charge in [-0.05, 0) is 69.6 Å². The lowest BCUT2D eigenvalue weighted by Crippen LogP contribution is -2.41. The number of hydrogen-bond donors (Lipinski definition) is 1. The fourth-order valence-corrected chi connectivity index (χ4v) is 4.77. The second-order valence-corrected chi connectivity index (χ2v) is 8.32. The number of benzene rings is 1. The Kier molecular flexibility index (Phi) is 4.68. The van der Waals surface area contributed by atoms with Crippen LogP contribution >= 0.6 is 0 Å². The first-order valence-corrected chi connectivity index (χ1v) is 10.4. The van der Waals surface area contributed by atoms with E-state index < -0.39 is 0 Å². The molecule has 1 fully saturated rings. The largest absolute Gasteiger partial charge is 0.338 e. The fraction of sp³-hybridized carbons (Fsp3) is 0.435. The second-order valence-electron chi connectivity index (χ2n) is 8.32. The summed E-state index contributed by atoms with van der Waals surface area (Å²) in [4.78, 5) is 12.0. The van der Waals surface area contributed by atoms with Crippen LogP contribution in [-0.2, 0) is 18.4 Å². The van der Waals surface area contributed by atoms with Crippen LogP contribution in [0, 0.1) is 6.92 Å². The Labute approximate surface area is 171 Å². The van der Waals surface area contributed by atoms with Crippen molar-refractivity contribution in [3.8, 4) is 11.4 Å². The number of piperidine rings is 1. The molecule has 6 nitrogen and oxygen atoms in total. The normalized spacial score (nSPS) is 19.1. The number of likely N-dealkylation sites (tertiary alicyclic amines) is 1. The van der Waals surface area contributed by atoms with E-state index in [2.05, 4.69) is 57.7 Å². The summed E-state index contributed by atoms with van der Waals surface area (Å²) in [5.74, 6) is 1.41. The highest BCUT2D eigenvalue weighted by atomic mass is 16.5. The van der Waals surface area contributed by atoms with Crippen LogP contribution in [-0.4, -0.2) is 46.7 Å². The summed E-state index contributed by atoms with van der Waals surface area (Å²) in [5.41, 5.74) is 5.60. The van der Waals surface area contributed by atoms with Gasteiger partial charge in [0, 0.05) is 24.0 Å². The average molecular weight is 390 g/mol. The van der Waals surface area contributed by atoms with Crippen molar-refractivity contribution >= 4 is 0 Å². The zero-order valence-electron chi connectivity index (χ0n) is 17.1. The highest BCUT2D eigenvalue weighted by molar-refractivity contribution is 5.65. The Balaban J connectivity index is 1.60. The molecule has 4 heterocycles. The zero-order chi connectivity index (χ0) is 19.8. The van der Waals surface area contributed by atoms with E-state index in [0.29, 0.717) is 5.82 Å². The van der Waals surface area contributed by atoms with E-state index in [1.54, 1.807) is 0 Å². The Morgan fingerprint density at radius 3 is 2.72 bits per heavy atom. The van der Waals surface area contributed by atoms with Gasteiger partial charge in [0.05, 0.1) is 5.41 Å². The number of hydrogen-bond acceptors (Lipinski definition) is 6. The van der Waals surface area contributed by atoms with Crippen molar-refractivity contribution in [2.24, 2.45) is 0 Å². The molecule has 29 heavy (non-hydrogen) atoms. The molecule has 0 unspecified atom stereocenters. The SMILES string of the molecule is Cc1ncc2c(c1-c1noc(C3(c4ccccc4)CCN(C)CC3)n1)CCNC2. The van der Waals surface area contributed by atoms with Gasteiger partial charge in [-0.15, -0.1) is 0 Å². The highest BCUT2D eigenvalue weighted by Gasteiger charge is 2.42. The van der Waals surface area contributed by atoms with Crippen molar-refractivity contribution in [1.29, 1.82) is 0 Å². The summed E-state index contributed by atoms with van der Waals surface area (Å²) in [7, 11) is 2.17. The Bertz CT molecular complexity index is 1010. The Morgan fingerprint density at radius 1 is 1.14 bits per heavy atom. The van der Waals surface area contributed by atoms with Crippen LogP contribution < -0.4 is 5.32 Å². The zero-order valence-corrected chi connectivity index (χ0v) is 17.1. The third kappa shape index (κ3) is 3.16. The molecule has 0 bridgehead atoms. The molecule has 3 aromatic rings. The van der Waals surface area contributed by atoms with E-state index in [0.717, 1.165) is 62.6 Å². The van der Waals surface area contributed by atoms with E-state index in [-0.39, 0.29) is 5.41 Å². The summed E-state index contributed by atoms with van der Waals surface area (Å²) in [6.45, 7) is 5.88. The molecule has 0 aliphatic carbocycles. The molecule has 0 atom stereocenters. The molecule has 6 heteroatoms. The maximum absolute atomic E-state index is 5.97. The molecular formula is C23H27N5O. The lowest BCUT2D eigenvalue weighted by atomic mass is 9.72. The predicted molar refractivity (Wildman–Crippen MR) is 112 cm³/mol. The first-order chi connectivity index (χ1) is 14.2. The van der Waals surface area contributed by atoms with Crippen molar-refractivity contribution < 1.29 is 4.52 Å². The molecule has 1 aromatic carbocycles. The van der Waals surface area contributed by atoms with E-state index in [1.165, 1.54) is 16.7 Å². The Hall–Kier alpha value is -2.57. The fourth-order valence-electron chi connectivity index (χ4n) is 4.77. The van der Waals surface area contributed by atoms with Crippen LogP contribution in [0.25, 0.3) is 11.4 Å². The summed E-state index contributed by atoms with van der Waals surface area (Å²) < 4.78 is 5.97. The highest BCUT2D eigenvalue weighted by Crippen LogP contribution is 2.41. The minimum Gasteiger partial charge on any atom is -0.338 e. The number of fused-ring (bicyclic) bond motifs is 1. The van der Waals surface area contributed by atoms with Crippen molar-refractivity contribution in [3.05, 3.63) is 64.8 Å². The molecule has 0 spiro atoms. The first kappa shape index (κ1) is 18.5. The van der Waals surface area contributed by atoms with E-state index in [9.17, 15) is 0 Å². The van der Waals surface area contributed by atoms with Crippen LogP contribution in [0.2, 0.25) is 0 Å². The minimum atomic E-state index is -0.225. The number of aromatic nitrogens is 3. The summed E-state index contributed by atoms with van der Waals surface area (Å²) in [5, 5.41) is 7.88. The van der Waals surface area contributed by atoms with Crippen LogP contribution in [0.15, 0.2) is 41.1 Å². The van der Waals surface area contributed by atoms with Crippen LogP contribution in [0.4, 0.5) is 0 Å². The summed E-state index contributed by atoms with van der Waals surface area (Å²) in [6.07, 6.45) is 4.89. The molecule has 2 aromatic heterocycles. The van der Waals surface area contributed by atoms with Gasteiger partial charge in [0.2, 0.25) is 11.7 Å². The number of rotatable bonds is 3. The Morgan fingerprint density at radius 2 is 1.93 bits per heavy atom. The molecule has 0 radical (unpaired) electrons. The van der Waals surface area contributed by atoms with Crippen LogP contribution in [0.5, 0.6) is 0 Å². The summed E-state index contributed by atoms with van der Waals surface area (Å²) in [6, 6.07) is 10.6. The smallest absolute Gasteiger partial charge is 0.237 e. The van der Waals surface area contributed by atoms with Crippen molar-refractivity contribution in [1.82, 2.24) is 25.3 Å². The number of pyridine rings is 1. The number of nitrogens with one attached hydrogen (secondary N) is 1. The van der Waals surface area contributed by atoms with Gasteiger partial charge in [0.15, 0.2) is 0 Å². The van der Waals surface area contributed by atoms with E-state index >= 15 is 0 Å². The average Bonchev–Trinajstić information content (AvgIpc) is 3.25. The predicted octanol–water partition coefficient (Wildman–Crippen LogP) is 3.10. The molecule has 2 aliphatic heterocycles. The minimum absolute atomic E-state index is 0.225. The van der Waals surface area contributed by atoms with E-state index in [4.69, 9.17) is 9.51 Å². The van der Waals surface area contributed by atoms with Gasteiger partial charge < -0.3 is 14.7 Å². The van der Waals surface area contributed by atoms with Gasteiger partial charge in [-0.1, -0.05) is 35.5 Å². The maximum atomic E-state index is 5.97. The van der Waals surface area contributed by atoms with Crippen LogP contribution in [0.3, 0.4) is 0 Å². The van der Waals surface area contributed by atoms with Crippen molar-refractivity contribution in [3.63, 3.8) is 0 Å². The molecular weight excluding hydrogens is 362 g/mol. The third-order valence-electron chi connectivity index (χ3n) is 6.56. The topological polar surface area (TPSA) is 67.1 Å². The lowest BCUT2D eigenvalue weighted by Gasteiger charge is -2.38. The standard InChI is InChI=1S/C23H27N5O/c1-16-20(19-8-11-24-14-17(19)15-25-16)21-26-22(29-27-21)23(9-12-28(2)13-10-23)18-6-4-3-5-7-18/h3-7,15,24H,8-14H2,1-2H3. The van der Waals surface area contributed by atoms with Gasteiger partial charge >= 0.3 is 0 Å². The first-order valence-electron chi connectivity index (χ1n) is 10.4. The number of aryl methyl sites for hydroxylation is 1. The molecule has 2 aliphatic rings. The second kappa shape index (κ2) is 7.35. The quantitative estimate of drug-likeness (QED) is 0.743. The molecule has 0 saturated carbocycles. The van der Waals surface area contributed by atoms with Gasteiger partial charge in [0.1, 0.15) is 0 Å². The third-order valence-corrected chi connectivity index (χ3v) is 6.56. The van der Waals surface area contributed by atoms with Gasteiger partial charge in [-0.2, -0.15) is 4.98 Å². The molecule has 5 rings (SSSR count). The summed E-state index contributed by atoms with van der Waals surface area (Å²) >= 11 is 0. The maximum Gasteiger partial charge on any atom is 0.237 e. The molecule has 150 valence electrons.